The SMILES string of the molecule is CC(C)(C)c1cc([C@H](CC(F)F)N2CCNCC2)c(O)c(C(C)(C)C)c1.Cl. The summed E-state index contributed by atoms with van der Waals surface area (Å²) in [6.45, 7) is 15.5. The zero-order valence-corrected chi connectivity index (χ0v) is 18.2. The van der Waals surface area contributed by atoms with Gasteiger partial charge in [0.1, 0.15) is 5.75 Å². The molecule has 0 unspecified atom stereocenters. The van der Waals surface area contributed by atoms with Crippen LogP contribution in [-0.2, 0) is 10.8 Å². The van der Waals surface area contributed by atoms with Crippen molar-refractivity contribution in [1.29, 1.82) is 0 Å². The number of benzene rings is 1. The monoisotopic (exact) mass is 404 g/mol. The number of hydrogen-bond donors (Lipinski definition) is 2. The Balaban J connectivity index is 0.00000364. The van der Waals surface area contributed by atoms with Gasteiger partial charge >= 0.3 is 0 Å². The molecule has 0 amide bonds. The number of piperazine rings is 1. The summed E-state index contributed by atoms with van der Waals surface area (Å²) < 4.78 is 26.8. The predicted molar refractivity (Wildman–Crippen MR) is 111 cm³/mol. The van der Waals surface area contributed by atoms with Gasteiger partial charge in [-0.1, -0.05) is 47.6 Å². The molecule has 156 valence electrons. The van der Waals surface area contributed by atoms with Gasteiger partial charge in [-0.3, -0.25) is 4.90 Å². The van der Waals surface area contributed by atoms with Crippen molar-refractivity contribution < 1.29 is 13.9 Å². The largest absolute Gasteiger partial charge is 0.507 e. The molecule has 0 saturated carbocycles. The molecule has 0 radical (unpaired) electrons. The minimum atomic E-state index is -2.41. The zero-order valence-electron chi connectivity index (χ0n) is 17.4. The summed E-state index contributed by atoms with van der Waals surface area (Å²) in [6.07, 6.45) is -2.67. The van der Waals surface area contributed by atoms with Crippen molar-refractivity contribution in [3.8, 4) is 5.75 Å². The maximum absolute atomic E-state index is 13.4. The number of phenols is 1. The standard InChI is InChI=1S/C21H34F2N2O.ClH/c1-20(2,3)14-11-15(19(26)16(12-14)21(4,5)6)17(13-18(22)23)25-9-7-24-8-10-25;/h11-12,17-18,24,26H,7-10,13H2,1-6H3;1H/t17-;/m0./s1. The smallest absolute Gasteiger partial charge is 0.240 e. The first-order chi connectivity index (χ1) is 11.9. The summed E-state index contributed by atoms with van der Waals surface area (Å²) in [4.78, 5) is 2.08. The Kier molecular flexibility index (Phi) is 8.10. The van der Waals surface area contributed by atoms with Crippen LogP contribution in [0.1, 0.15) is 70.7 Å². The van der Waals surface area contributed by atoms with Crippen LogP contribution in [0.5, 0.6) is 5.75 Å². The molecule has 0 aliphatic carbocycles. The first-order valence-corrected chi connectivity index (χ1v) is 9.52. The number of aromatic hydroxyl groups is 1. The zero-order chi connectivity index (χ0) is 19.7. The van der Waals surface area contributed by atoms with Crippen LogP contribution in [0.25, 0.3) is 0 Å². The second kappa shape index (κ2) is 9.06. The average Bonchev–Trinajstić information content (AvgIpc) is 2.51. The van der Waals surface area contributed by atoms with Crippen LogP contribution in [0.3, 0.4) is 0 Å². The second-order valence-electron chi connectivity index (χ2n) is 9.39. The molecular formula is C21H35ClF2N2O. The van der Waals surface area contributed by atoms with Gasteiger partial charge < -0.3 is 10.4 Å². The maximum atomic E-state index is 13.4. The van der Waals surface area contributed by atoms with E-state index in [4.69, 9.17) is 0 Å². The fraction of sp³-hybridized carbons (Fsp3) is 0.714. The van der Waals surface area contributed by atoms with Crippen LogP contribution in [-0.4, -0.2) is 42.6 Å². The Morgan fingerprint density at radius 3 is 2.04 bits per heavy atom. The summed E-state index contributed by atoms with van der Waals surface area (Å²) in [6, 6.07) is 3.51. The summed E-state index contributed by atoms with van der Waals surface area (Å²) in [5.74, 6) is 0.176. The third-order valence-corrected chi connectivity index (χ3v) is 5.17. The predicted octanol–water partition coefficient (Wildman–Crippen LogP) is 5.01. The van der Waals surface area contributed by atoms with Gasteiger partial charge in [-0.05, 0) is 28.0 Å². The van der Waals surface area contributed by atoms with E-state index < -0.39 is 12.5 Å². The highest BCUT2D eigenvalue weighted by molar-refractivity contribution is 5.85. The van der Waals surface area contributed by atoms with Crippen LogP contribution in [0.2, 0.25) is 0 Å². The summed E-state index contributed by atoms with van der Waals surface area (Å²) >= 11 is 0. The molecule has 1 aromatic carbocycles. The Bertz CT molecular complexity index is 618. The van der Waals surface area contributed by atoms with Gasteiger partial charge in [0.2, 0.25) is 6.43 Å². The van der Waals surface area contributed by atoms with E-state index in [1.54, 1.807) is 0 Å². The van der Waals surface area contributed by atoms with Crippen molar-refractivity contribution in [2.24, 2.45) is 0 Å². The second-order valence-corrected chi connectivity index (χ2v) is 9.39. The van der Waals surface area contributed by atoms with E-state index in [0.717, 1.165) is 24.2 Å². The Labute approximate surface area is 168 Å². The van der Waals surface area contributed by atoms with Crippen molar-refractivity contribution in [3.05, 3.63) is 28.8 Å². The molecule has 1 aliphatic rings. The van der Waals surface area contributed by atoms with E-state index in [9.17, 15) is 13.9 Å². The highest BCUT2D eigenvalue weighted by atomic mass is 35.5. The number of nitrogens with zero attached hydrogens (tertiary/aromatic N) is 1. The lowest BCUT2D eigenvalue weighted by Crippen LogP contribution is -2.45. The van der Waals surface area contributed by atoms with Gasteiger partial charge in [0.25, 0.3) is 0 Å². The van der Waals surface area contributed by atoms with Gasteiger partial charge in [-0.2, -0.15) is 0 Å². The average molecular weight is 405 g/mol. The molecular weight excluding hydrogens is 370 g/mol. The third-order valence-electron chi connectivity index (χ3n) is 5.17. The topological polar surface area (TPSA) is 35.5 Å². The first-order valence-electron chi connectivity index (χ1n) is 9.52. The van der Waals surface area contributed by atoms with Crippen molar-refractivity contribution in [2.75, 3.05) is 26.2 Å². The molecule has 1 fully saturated rings. The van der Waals surface area contributed by atoms with Crippen LogP contribution in [0.4, 0.5) is 8.78 Å². The molecule has 3 nitrogen and oxygen atoms in total. The highest BCUT2D eigenvalue weighted by Crippen LogP contribution is 2.42. The molecule has 27 heavy (non-hydrogen) atoms. The minimum absolute atomic E-state index is 0. The first kappa shape index (κ1) is 24.1. The van der Waals surface area contributed by atoms with Crippen molar-refractivity contribution in [3.63, 3.8) is 0 Å². The Morgan fingerprint density at radius 1 is 1.04 bits per heavy atom. The third kappa shape index (κ3) is 6.03. The van der Waals surface area contributed by atoms with Gasteiger partial charge in [-0.15, -0.1) is 12.4 Å². The normalized spacial score (nSPS) is 17.7. The molecule has 1 aliphatic heterocycles. The maximum Gasteiger partial charge on any atom is 0.240 e. The van der Waals surface area contributed by atoms with E-state index in [2.05, 4.69) is 31.0 Å². The van der Waals surface area contributed by atoms with Crippen molar-refractivity contribution in [1.82, 2.24) is 10.2 Å². The number of hydrogen-bond acceptors (Lipinski definition) is 3. The lowest BCUT2D eigenvalue weighted by molar-refractivity contribution is 0.0728. The van der Waals surface area contributed by atoms with Crippen LogP contribution >= 0.6 is 12.4 Å². The van der Waals surface area contributed by atoms with Crippen molar-refractivity contribution >= 4 is 12.4 Å². The number of rotatable bonds is 4. The molecule has 6 heteroatoms. The summed E-state index contributed by atoms with van der Waals surface area (Å²) in [5, 5.41) is 14.3. The number of alkyl halides is 2. The van der Waals surface area contributed by atoms with Crippen LogP contribution in [0.15, 0.2) is 12.1 Å². The van der Waals surface area contributed by atoms with E-state index in [1.165, 1.54) is 0 Å². The lowest BCUT2D eigenvalue weighted by atomic mass is 9.77. The number of halogens is 3. The Morgan fingerprint density at radius 2 is 1.59 bits per heavy atom. The molecule has 0 bridgehead atoms. The van der Waals surface area contributed by atoms with E-state index in [-0.39, 0.29) is 35.4 Å². The molecule has 1 saturated heterocycles. The number of nitrogens with one attached hydrogen (secondary N) is 1. The molecule has 1 heterocycles. The van der Waals surface area contributed by atoms with Gasteiger partial charge in [0.05, 0.1) is 0 Å². The molecule has 0 aromatic heterocycles. The van der Waals surface area contributed by atoms with E-state index >= 15 is 0 Å². The van der Waals surface area contributed by atoms with Gasteiger partial charge in [0.15, 0.2) is 0 Å². The molecule has 1 aromatic rings. The van der Waals surface area contributed by atoms with Crippen LogP contribution < -0.4 is 5.32 Å². The molecule has 2 rings (SSSR count). The van der Waals surface area contributed by atoms with E-state index in [1.807, 2.05) is 32.9 Å². The quantitative estimate of drug-likeness (QED) is 0.740. The van der Waals surface area contributed by atoms with Crippen LogP contribution in [0, 0.1) is 0 Å². The summed E-state index contributed by atoms with van der Waals surface area (Å²) in [7, 11) is 0. The summed E-state index contributed by atoms with van der Waals surface area (Å²) in [5.41, 5.74) is 2.16. The fourth-order valence-corrected chi connectivity index (χ4v) is 3.55. The Hall–Kier alpha value is -0.910. The fourth-order valence-electron chi connectivity index (χ4n) is 3.55. The highest BCUT2D eigenvalue weighted by Gasteiger charge is 2.32. The van der Waals surface area contributed by atoms with Gasteiger partial charge in [0, 0.05) is 44.2 Å². The number of phenolic OH excluding ortho intramolecular Hbond substituents is 1. The molecule has 0 spiro atoms. The van der Waals surface area contributed by atoms with Gasteiger partial charge in [-0.25, -0.2) is 8.78 Å². The molecule has 2 N–H and O–H groups in total. The minimum Gasteiger partial charge on any atom is -0.507 e. The lowest BCUT2D eigenvalue weighted by Gasteiger charge is -2.37. The van der Waals surface area contributed by atoms with Crippen molar-refractivity contribution in [2.45, 2.75) is 71.3 Å². The molecule has 1 atom stereocenters. The van der Waals surface area contributed by atoms with E-state index in [0.29, 0.717) is 18.7 Å².